The summed E-state index contributed by atoms with van der Waals surface area (Å²) in [6, 6.07) is 6.43. The molecule has 0 bridgehead atoms. The fraction of sp³-hybridized carbons (Fsp3) is 0.375. The molecule has 0 unspecified atom stereocenters. The third-order valence-corrected chi connectivity index (χ3v) is 3.67. The van der Waals surface area contributed by atoms with E-state index in [2.05, 4.69) is 20.6 Å². The second-order valence-electron chi connectivity index (χ2n) is 5.82. The zero-order valence-corrected chi connectivity index (χ0v) is 13.3. The van der Waals surface area contributed by atoms with Gasteiger partial charge in [0.05, 0.1) is 16.4 Å². The topological polar surface area (TPSA) is 49.8 Å². The van der Waals surface area contributed by atoms with Crippen LogP contribution in [0.2, 0.25) is 5.02 Å². The van der Waals surface area contributed by atoms with Gasteiger partial charge in [-0.3, -0.25) is 0 Å². The van der Waals surface area contributed by atoms with Crippen LogP contribution in [0.5, 0.6) is 0 Å². The zero-order valence-electron chi connectivity index (χ0n) is 12.5. The van der Waals surface area contributed by atoms with Crippen LogP contribution in [-0.4, -0.2) is 16.0 Å². The largest absolute Gasteiger partial charge is 0.352 e. The molecule has 0 saturated heterocycles. The quantitative estimate of drug-likeness (QED) is 0.837. The van der Waals surface area contributed by atoms with Gasteiger partial charge in [0.25, 0.3) is 0 Å². The van der Waals surface area contributed by atoms with Gasteiger partial charge in [0.2, 0.25) is 5.95 Å². The van der Waals surface area contributed by atoms with Crippen molar-refractivity contribution in [1.29, 1.82) is 0 Å². The van der Waals surface area contributed by atoms with Crippen molar-refractivity contribution in [1.82, 2.24) is 9.97 Å². The number of halogens is 2. The smallest absolute Gasteiger partial charge is 0.225 e. The lowest BCUT2D eigenvalue weighted by Gasteiger charge is -2.13. The Balaban J connectivity index is 1.89. The molecule has 0 aliphatic heterocycles. The minimum Gasteiger partial charge on any atom is -0.352 e. The van der Waals surface area contributed by atoms with E-state index in [0.29, 0.717) is 28.4 Å². The van der Waals surface area contributed by atoms with Crippen molar-refractivity contribution in [3.8, 4) is 0 Å². The Morgan fingerprint density at radius 3 is 2.64 bits per heavy atom. The first-order valence-electron chi connectivity index (χ1n) is 7.39. The number of nitrogens with zero attached hydrogens (tertiary/aromatic N) is 2. The molecule has 0 spiro atoms. The molecule has 0 radical (unpaired) electrons. The summed E-state index contributed by atoms with van der Waals surface area (Å²) in [6.45, 7) is 4.08. The minimum atomic E-state index is -0.362. The maximum Gasteiger partial charge on any atom is 0.225 e. The van der Waals surface area contributed by atoms with E-state index >= 15 is 0 Å². The van der Waals surface area contributed by atoms with Crippen LogP contribution in [0.1, 0.15) is 38.3 Å². The molecule has 1 aromatic heterocycles. The van der Waals surface area contributed by atoms with Gasteiger partial charge in [0.1, 0.15) is 11.6 Å². The SMILES string of the molecule is CC(C)Nc1nc(Nc2ccc(F)cc2Cl)cc(C2CC2)n1. The second kappa shape index (κ2) is 6.08. The molecule has 1 heterocycles. The lowest BCUT2D eigenvalue weighted by atomic mass is 10.2. The molecule has 0 amide bonds. The van der Waals surface area contributed by atoms with Crippen molar-refractivity contribution in [3.63, 3.8) is 0 Å². The van der Waals surface area contributed by atoms with Crippen molar-refractivity contribution in [2.24, 2.45) is 0 Å². The Hall–Kier alpha value is -1.88. The monoisotopic (exact) mass is 320 g/mol. The fourth-order valence-corrected chi connectivity index (χ4v) is 2.38. The lowest BCUT2D eigenvalue weighted by molar-refractivity contribution is 0.628. The standard InChI is InChI=1S/C16H18ClFN4/c1-9(2)19-16-21-14(10-3-4-10)8-15(22-16)20-13-6-5-11(18)7-12(13)17/h5-10H,3-4H2,1-2H3,(H2,19,20,21,22). The normalized spacial score (nSPS) is 14.2. The average Bonchev–Trinajstić information content (AvgIpc) is 3.25. The summed E-state index contributed by atoms with van der Waals surface area (Å²) in [4.78, 5) is 9.02. The van der Waals surface area contributed by atoms with E-state index in [4.69, 9.17) is 11.6 Å². The van der Waals surface area contributed by atoms with E-state index in [0.717, 1.165) is 18.5 Å². The van der Waals surface area contributed by atoms with Crippen LogP contribution in [0.3, 0.4) is 0 Å². The molecule has 6 heteroatoms. The molecule has 1 aromatic carbocycles. The highest BCUT2D eigenvalue weighted by Gasteiger charge is 2.26. The van der Waals surface area contributed by atoms with E-state index in [1.54, 1.807) is 6.07 Å². The predicted octanol–water partition coefficient (Wildman–Crippen LogP) is 4.71. The lowest BCUT2D eigenvalue weighted by Crippen LogP contribution is -2.14. The molecule has 4 nitrogen and oxygen atoms in total. The highest BCUT2D eigenvalue weighted by Crippen LogP contribution is 2.40. The maximum absolute atomic E-state index is 13.1. The van der Waals surface area contributed by atoms with Gasteiger partial charge in [-0.2, -0.15) is 4.98 Å². The third kappa shape index (κ3) is 3.65. The van der Waals surface area contributed by atoms with E-state index in [9.17, 15) is 4.39 Å². The van der Waals surface area contributed by atoms with Crippen LogP contribution in [0.4, 0.5) is 21.8 Å². The van der Waals surface area contributed by atoms with Gasteiger partial charge in [-0.15, -0.1) is 0 Å². The number of nitrogens with one attached hydrogen (secondary N) is 2. The first-order valence-corrected chi connectivity index (χ1v) is 7.76. The first kappa shape index (κ1) is 15.0. The van der Waals surface area contributed by atoms with Crippen molar-refractivity contribution in [3.05, 3.63) is 40.8 Å². The molecule has 1 fully saturated rings. The number of anilines is 3. The van der Waals surface area contributed by atoms with Gasteiger partial charge in [0, 0.05) is 18.0 Å². The summed E-state index contributed by atoms with van der Waals surface area (Å²) >= 11 is 6.06. The highest BCUT2D eigenvalue weighted by atomic mass is 35.5. The van der Waals surface area contributed by atoms with Crippen LogP contribution >= 0.6 is 11.6 Å². The Morgan fingerprint density at radius 1 is 1.23 bits per heavy atom. The number of hydrogen-bond acceptors (Lipinski definition) is 4. The molecule has 1 aliphatic rings. The van der Waals surface area contributed by atoms with Gasteiger partial charge < -0.3 is 10.6 Å². The van der Waals surface area contributed by atoms with E-state index in [1.807, 2.05) is 19.9 Å². The van der Waals surface area contributed by atoms with Crippen LogP contribution in [0, 0.1) is 5.82 Å². The molecular formula is C16H18ClFN4. The summed E-state index contributed by atoms with van der Waals surface area (Å²) in [6.07, 6.45) is 2.32. The Bertz CT molecular complexity index is 686. The van der Waals surface area contributed by atoms with Gasteiger partial charge >= 0.3 is 0 Å². The van der Waals surface area contributed by atoms with E-state index in [1.165, 1.54) is 12.1 Å². The summed E-state index contributed by atoms with van der Waals surface area (Å²) < 4.78 is 13.1. The predicted molar refractivity (Wildman–Crippen MR) is 87.5 cm³/mol. The molecule has 2 N–H and O–H groups in total. The average molecular weight is 321 g/mol. The molecule has 22 heavy (non-hydrogen) atoms. The molecule has 1 aliphatic carbocycles. The minimum absolute atomic E-state index is 0.247. The second-order valence-corrected chi connectivity index (χ2v) is 6.23. The molecular weight excluding hydrogens is 303 g/mol. The maximum atomic E-state index is 13.1. The summed E-state index contributed by atoms with van der Waals surface area (Å²) in [5, 5.41) is 6.69. The van der Waals surface area contributed by atoms with E-state index in [-0.39, 0.29) is 11.9 Å². The summed E-state index contributed by atoms with van der Waals surface area (Å²) in [5.74, 6) is 1.41. The van der Waals surface area contributed by atoms with Crippen molar-refractivity contribution in [2.75, 3.05) is 10.6 Å². The fourth-order valence-electron chi connectivity index (χ4n) is 2.17. The highest BCUT2D eigenvalue weighted by molar-refractivity contribution is 6.33. The Morgan fingerprint density at radius 2 is 2.00 bits per heavy atom. The zero-order chi connectivity index (χ0) is 15.7. The Labute approximate surface area is 134 Å². The number of aromatic nitrogens is 2. The van der Waals surface area contributed by atoms with Gasteiger partial charge in [-0.1, -0.05) is 11.6 Å². The van der Waals surface area contributed by atoms with Crippen molar-refractivity contribution < 1.29 is 4.39 Å². The van der Waals surface area contributed by atoms with Crippen LogP contribution in [0.25, 0.3) is 0 Å². The Kier molecular flexibility index (Phi) is 4.16. The molecule has 1 saturated carbocycles. The molecule has 0 atom stereocenters. The van der Waals surface area contributed by atoms with E-state index < -0.39 is 0 Å². The molecule has 2 aromatic rings. The van der Waals surface area contributed by atoms with Crippen LogP contribution in [0.15, 0.2) is 24.3 Å². The van der Waals surface area contributed by atoms with Crippen molar-refractivity contribution in [2.45, 2.75) is 38.6 Å². The number of hydrogen-bond donors (Lipinski definition) is 2. The van der Waals surface area contributed by atoms with Gasteiger partial charge in [0.15, 0.2) is 0 Å². The van der Waals surface area contributed by atoms with Crippen LogP contribution < -0.4 is 10.6 Å². The summed E-state index contributed by atoms with van der Waals surface area (Å²) in [7, 11) is 0. The first-order chi connectivity index (χ1) is 10.5. The molecule has 3 rings (SSSR count). The number of benzene rings is 1. The van der Waals surface area contributed by atoms with Crippen molar-refractivity contribution >= 4 is 29.1 Å². The van der Waals surface area contributed by atoms with Gasteiger partial charge in [-0.25, -0.2) is 9.37 Å². The van der Waals surface area contributed by atoms with Crippen LogP contribution in [-0.2, 0) is 0 Å². The summed E-state index contributed by atoms with van der Waals surface area (Å²) in [5.41, 5.74) is 1.65. The van der Waals surface area contributed by atoms with Gasteiger partial charge in [-0.05, 0) is 44.9 Å². The molecule has 116 valence electrons. The third-order valence-electron chi connectivity index (χ3n) is 3.35. The number of rotatable bonds is 5.